The predicted octanol–water partition coefficient (Wildman–Crippen LogP) is 5.64. The molecule has 13 heteroatoms. The fraction of sp³-hybridized carbons (Fsp3) is 0.158. The van der Waals surface area contributed by atoms with Crippen molar-refractivity contribution in [1.29, 1.82) is 0 Å². The van der Waals surface area contributed by atoms with E-state index < -0.39 is 12.0 Å². The monoisotopic (exact) mass is 648 g/mol. The van der Waals surface area contributed by atoms with E-state index in [1.165, 1.54) is 25.9 Å². The number of carbonyl (C=O) groups excluding carboxylic acids is 2. The number of hydrogen-bond donors (Lipinski definition) is 1. The molecule has 3 rings (SSSR count). The minimum Gasteiger partial charge on any atom is -0.452 e. The van der Waals surface area contributed by atoms with Crippen molar-refractivity contribution in [3.63, 3.8) is 0 Å². The Morgan fingerprint density at radius 2 is 1.88 bits per heavy atom. The Balaban J connectivity index is 2.07. The van der Waals surface area contributed by atoms with Gasteiger partial charge in [-0.05, 0) is 56.1 Å². The van der Waals surface area contributed by atoms with Crippen molar-refractivity contribution in [2.24, 2.45) is 0 Å². The molecule has 0 radical (unpaired) electrons. The van der Waals surface area contributed by atoms with Crippen LogP contribution >= 0.6 is 59.4 Å². The lowest BCUT2D eigenvalue weighted by Crippen LogP contribution is -2.45. The van der Waals surface area contributed by atoms with Crippen molar-refractivity contribution in [2.75, 3.05) is 26.5 Å². The Hall–Kier alpha value is -2.15. The molecule has 0 aliphatic heterocycles. The van der Waals surface area contributed by atoms with Gasteiger partial charge in [0, 0.05) is 35.3 Å². The molecule has 1 aromatic carbocycles. The normalized spacial score (nSPS) is 10.6. The van der Waals surface area contributed by atoms with E-state index in [9.17, 15) is 9.59 Å². The third-order valence-corrected chi connectivity index (χ3v) is 6.11. The molecule has 168 valence electrons. The molecule has 0 bridgehead atoms. The van der Waals surface area contributed by atoms with Crippen LogP contribution in [-0.2, 0) is 4.74 Å². The quantitative estimate of drug-likeness (QED) is 0.368. The molecule has 9 nitrogen and oxygen atoms in total. The number of amides is 2. The molecular formula is C19H16Br3ClN6O3. The van der Waals surface area contributed by atoms with Gasteiger partial charge in [-0.1, -0.05) is 27.5 Å². The molecule has 0 saturated carbocycles. The first-order valence-electron chi connectivity index (χ1n) is 8.86. The van der Waals surface area contributed by atoms with E-state index in [0.717, 1.165) is 10.0 Å². The number of ether oxygens (including phenoxy) is 1. The Kier molecular flexibility index (Phi) is 7.80. The predicted molar refractivity (Wildman–Crippen MR) is 131 cm³/mol. The van der Waals surface area contributed by atoms with Gasteiger partial charge in [0.15, 0.2) is 5.82 Å². The lowest BCUT2D eigenvalue weighted by molar-refractivity contribution is 0.0193. The van der Waals surface area contributed by atoms with E-state index in [0.29, 0.717) is 35.9 Å². The van der Waals surface area contributed by atoms with E-state index in [-0.39, 0.29) is 5.56 Å². The summed E-state index contributed by atoms with van der Waals surface area (Å²) in [7, 11) is 4.13. The molecule has 1 N–H and O–H groups in total. The van der Waals surface area contributed by atoms with Gasteiger partial charge in [-0.3, -0.25) is 4.79 Å². The van der Waals surface area contributed by atoms with Gasteiger partial charge in [-0.2, -0.15) is 9.78 Å². The second kappa shape index (κ2) is 10.2. The highest BCUT2D eigenvalue weighted by Gasteiger charge is 2.25. The van der Waals surface area contributed by atoms with E-state index in [1.54, 1.807) is 36.5 Å². The average molecular weight is 652 g/mol. The molecule has 0 spiro atoms. The average Bonchev–Trinajstić information content (AvgIpc) is 3.13. The minimum atomic E-state index is -0.684. The number of aromatic nitrogens is 3. The van der Waals surface area contributed by atoms with Crippen molar-refractivity contribution in [3.05, 3.63) is 60.7 Å². The van der Waals surface area contributed by atoms with Gasteiger partial charge in [0.1, 0.15) is 10.4 Å². The molecule has 0 fully saturated rings. The SMILES string of the molecule is COC(=O)N(C)N(C)C(=O)c1cc(Br)cc(Br)c1Nc1cc(Br)nn1-c1ncccc1Cl. The Bertz CT molecular complexity index is 1190. The summed E-state index contributed by atoms with van der Waals surface area (Å²) in [6, 6.07) is 8.56. The van der Waals surface area contributed by atoms with Crippen LogP contribution in [0.3, 0.4) is 0 Å². The highest BCUT2D eigenvalue weighted by Crippen LogP contribution is 2.35. The lowest BCUT2D eigenvalue weighted by atomic mass is 10.1. The van der Waals surface area contributed by atoms with Gasteiger partial charge in [0.2, 0.25) is 0 Å². The number of carbonyl (C=O) groups is 2. The maximum atomic E-state index is 13.3. The molecule has 2 heterocycles. The van der Waals surface area contributed by atoms with E-state index in [2.05, 4.69) is 63.2 Å². The van der Waals surface area contributed by atoms with Crippen LogP contribution in [0.1, 0.15) is 10.4 Å². The zero-order valence-corrected chi connectivity index (χ0v) is 22.5. The largest absolute Gasteiger partial charge is 0.452 e. The summed E-state index contributed by atoms with van der Waals surface area (Å²) in [5.74, 6) is 0.452. The van der Waals surface area contributed by atoms with E-state index in [4.69, 9.17) is 16.3 Å². The van der Waals surface area contributed by atoms with Gasteiger partial charge in [0.05, 0.1) is 23.4 Å². The molecule has 0 aliphatic carbocycles. The van der Waals surface area contributed by atoms with Gasteiger partial charge in [-0.25, -0.2) is 19.8 Å². The second-order valence-electron chi connectivity index (χ2n) is 6.33. The summed E-state index contributed by atoms with van der Waals surface area (Å²) in [4.78, 5) is 29.4. The summed E-state index contributed by atoms with van der Waals surface area (Å²) in [6.07, 6.45) is 0.916. The number of anilines is 2. The molecule has 3 aromatic rings. The van der Waals surface area contributed by atoms with Crippen LogP contribution in [-0.4, -0.2) is 58.0 Å². The van der Waals surface area contributed by atoms with Crippen molar-refractivity contribution >= 4 is 82.9 Å². The number of methoxy groups -OCH3 is 1. The zero-order valence-electron chi connectivity index (χ0n) is 16.9. The van der Waals surface area contributed by atoms with E-state index >= 15 is 0 Å². The number of benzene rings is 1. The first-order valence-corrected chi connectivity index (χ1v) is 11.6. The maximum Gasteiger partial charge on any atom is 0.428 e. The van der Waals surface area contributed by atoms with Crippen LogP contribution in [0.4, 0.5) is 16.3 Å². The highest BCUT2D eigenvalue weighted by atomic mass is 79.9. The van der Waals surface area contributed by atoms with Crippen LogP contribution in [0.25, 0.3) is 5.82 Å². The van der Waals surface area contributed by atoms with Crippen LogP contribution in [0.15, 0.2) is 50.1 Å². The van der Waals surface area contributed by atoms with Gasteiger partial charge in [-0.15, -0.1) is 0 Å². The number of nitrogens with zero attached hydrogens (tertiary/aromatic N) is 5. The highest BCUT2D eigenvalue weighted by molar-refractivity contribution is 9.11. The molecule has 0 atom stereocenters. The standard InChI is InChI=1S/C19H16Br3ClN6O3/c1-27(28(2)19(31)32-3)18(30)11-7-10(20)8-12(21)16(11)25-15-9-14(22)26-29(15)17-13(23)5-4-6-24-17/h4-9,25H,1-3H3. The smallest absolute Gasteiger partial charge is 0.428 e. The van der Waals surface area contributed by atoms with Crippen molar-refractivity contribution in [2.45, 2.75) is 0 Å². The maximum absolute atomic E-state index is 13.3. The van der Waals surface area contributed by atoms with Crippen LogP contribution < -0.4 is 5.32 Å². The summed E-state index contributed by atoms with van der Waals surface area (Å²) in [5, 5.41) is 10.2. The van der Waals surface area contributed by atoms with Gasteiger partial charge < -0.3 is 10.1 Å². The molecule has 0 aliphatic rings. The Morgan fingerprint density at radius 3 is 2.53 bits per heavy atom. The molecule has 2 aromatic heterocycles. The number of halogens is 4. The molecule has 32 heavy (non-hydrogen) atoms. The zero-order chi connectivity index (χ0) is 23.6. The third kappa shape index (κ3) is 5.08. The number of hydrazine groups is 1. The van der Waals surface area contributed by atoms with Crippen LogP contribution in [0.5, 0.6) is 0 Å². The first-order chi connectivity index (χ1) is 15.1. The van der Waals surface area contributed by atoms with Gasteiger partial charge >= 0.3 is 6.09 Å². The summed E-state index contributed by atoms with van der Waals surface area (Å²) < 4.78 is 8.00. The van der Waals surface area contributed by atoms with Crippen molar-refractivity contribution in [3.8, 4) is 5.82 Å². The summed E-state index contributed by atoms with van der Waals surface area (Å²) in [6.45, 7) is 0. The Morgan fingerprint density at radius 1 is 1.16 bits per heavy atom. The number of pyridine rings is 1. The fourth-order valence-electron chi connectivity index (χ4n) is 2.70. The number of nitrogens with one attached hydrogen (secondary N) is 1. The first kappa shape index (κ1) is 24.5. The molecule has 0 saturated heterocycles. The summed E-state index contributed by atoms with van der Waals surface area (Å²) >= 11 is 16.6. The minimum absolute atomic E-state index is 0.278. The lowest BCUT2D eigenvalue weighted by Gasteiger charge is -2.28. The molecule has 0 unspecified atom stereocenters. The van der Waals surface area contributed by atoms with Crippen LogP contribution in [0.2, 0.25) is 5.02 Å². The van der Waals surface area contributed by atoms with Gasteiger partial charge in [0.25, 0.3) is 5.91 Å². The number of rotatable bonds is 4. The van der Waals surface area contributed by atoms with Crippen molar-refractivity contribution in [1.82, 2.24) is 24.8 Å². The fourth-order valence-corrected chi connectivity index (χ4v) is 4.60. The second-order valence-corrected chi connectivity index (χ2v) is 9.32. The molecule has 2 amide bonds. The number of hydrogen-bond acceptors (Lipinski definition) is 6. The molecular weight excluding hydrogens is 635 g/mol. The van der Waals surface area contributed by atoms with E-state index in [1.807, 2.05) is 0 Å². The third-order valence-electron chi connectivity index (χ3n) is 4.34. The summed E-state index contributed by atoms with van der Waals surface area (Å²) in [5.41, 5.74) is 0.726. The van der Waals surface area contributed by atoms with Crippen molar-refractivity contribution < 1.29 is 14.3 Å². The van der Waals surface area contributed by atoms with Crippen LogP contribution in [0, 0.1) is 0 Å². The topological polar surface area (TPSA) is 92.6 Å². The Labute approximate surface area is 214 Å².